The van der Waals surface area contributed by atoms with Crippen LogP contribution in [0.15, 0.2) is 57.9 Å². The van der Waals surface area contributed by atoms with Crippen LogP contribution in [-0.2, 0) is 23.0 Å². The maximum atomic E-state index is 12.2. The highest BCUT2D eigenvalue weighted by Crippen LogP contribution is 2.17. The second kappa shape index (κ2) is 7.17. The van der Waals surface area contributed by atoms with Crippen LogP contribution in [0.4, 0.5) is 0 Å². The minimum absolute atomic E-state index is 0.244. The molecule has 3 N–H and O–H groups in total. The van der Waals surface area contributed by atoms with Gasteiger partial charge in [-0.3, -0.25) is 0 Å². The van der Waals surface area contributed by atoms with E-state index in [1.165, 1.54) is 0 Å². The van der Waals surface area contributed by atoms with Gasteiger partial charge in [-0.05, 0) is 42.3 Å². The van der Waals surface area contributed by atoms with Crippen molar-refractivity contribution in [1.29, 1.82) is 0 Å². The Morgan fingerprint density at radius 1 is 1.05 bits per heavy atom. The number of hydrogen-bond donors (Lipinski definition) is 2. The minimum atomic E-state index is -3.51. The highest BCUT2D eigenvalue weighted by molar-refractivity contribution is 9.10. The van der Waals surface area contributed by atoms with Crippen LogP contribution in [0.2, 0.25) is 0 Å². The van der Waals surface area contributed by atoms with Crippen LogP contribution in [0, 0.1) is 0 Å². The van der Waals surface area contributed by atoms with Crippen LogP contribution in [-0.4, -0.2) is 15.0 Å². The lowest BCUT2D eigenvalue weighted by Gasteiger charge is -2.09. The predicted molar refractivity (Wildman–Crippen MR) is 87.4 cm³/mol. The van der Waals surface area contributed by atoms with E-state index in [1.807, 2.05) is 24.3 Å². The molecule has 4 nitrogen and oxygen atoms in total. The van der Waals surface area contributed by atoms with Crippen LogP contribution < -0.4 is 10.5 Å². The van der Waals surface area contributed by atoms with Crippen molar-refractivity contribution in [3.63, 3.8) is 0 Å². The second-order valence-corrected chi connectivity index (χ2v) is 7.22. The van der Waals surface area contributed by atoms with Crippen molar-refractivity contribution in [3.05, 3.63) is 64.1 Å². The Morgan fingerprint density at radius 3 is 2.33 bits per heavy atom. The molecule has 0 spiro atoms. The van der Waals surface area contributed by atoms with Gasteiger partial charge in [-0.2, -0.15) is 0 Å². The quantitative estimate of drug-likeness (QED) is 0.822. The molecule has 2 aromatic carbocycles. The minimum Gasteiger partial charge on any atom is -0.330 e. The van der Waals surface area contributed by atoms with Gasteiger partial charge in [0.1, 0.15) is 0 Å². The fourth-order valence-electron chi connectivity index (χ4n) is 1.90. The first kappa shape index (κ1) is 16.2. The summed E-state index contributed by atoms with van der Waals surface area (Å²) in [5.41, 5.74) is 7.40. The van der Waals surface area contributed by atoms with Crippen LogP contribution in [0.1, 0.15) is 11.1 Å². The molecule has 0 bridgehead atoms. The van der Waals surface area contributed by atoms with Gasteiger partial charge in [-0.1, -0.05) is 46.3 Å². The maximum Gasteiger partial charge on any atom is 0.240 e. The molecule has 0 fully saturated rings. The van der Waals surface area contributed by atoms with Gasteiger partial charge in [0.15, 0.2) is 0 Å². The average molecular weight is 369 g/mol. The third-order valence-corrected chi connectivity index (χ3v) is 5.27. The molecule has 0 atom stereocenters. The first-order chi connectivity index (χ1) is 10.0. The Balaban J connectivity index is 2.09. The largest absolute Gasteiger partial charge is 0.330 e. The summed E-state index contributed by atoms with van der Waals surface area (Å²) in [6, 6.07) is 14.3. The molecular weight excluding hydrogens is 352 g/mol. The lowest BCUT2D eigenvalue weighted by Crippen LogP contribution is -2.23. The topological polar surface area (TPSA) is 72.2 Å². The van der Waals surface area contributed by atoms with E-state index in [4.69, 9.17) is 5.73 Å². The standard InChI is InChI=1S/C15H17BrN2O2S/c16-15-4-2-1-3-13(15)11-18-21(19,20)14-7-5-12(6-8-14)9-10-17/h1-8,18H,9-11,17H2. The van der Waals surface area contributed by atoms with E-state index in [-0.39, 0.29) is 11.4 Å². The Hall–Kier alpha value is -1.21. The van der Waals surface area contributed by atoms with Crippen molar-refractivity contribution in [2.75, 3.05) is 6.54 Å². The molecule has 2 aromatic rings. The van der Waals surface area contributed by atoms with Gasteiger partial charge in [-0.15, -0.1) is 0 Å². The van der Waals surface area contributed by atoms with Crippen molar-refractivity contribution in [2.45, 2.75) is 17.9 Å². The molecule has 0 aliphatic heterocycles. The first-order valence-electron chi connectivity index (χ1n) is 6.55. The van der Waals surface area contributed by atoms with Crippen LogP contribution >= 0.6 is 15.9 Å². The van der Waals surface area contributed by atoms with E-state index in [2.05, 4.69) is 20.7 Å². The number of rotatable bonds is 6. The highest BCUT2D eigenvalue weighted by atomic mass is 79.9. The monoisotopic (exact) mass is 368 g/mol. The smallest absolute Gasteiger partial charge is 0.240 e. The summed E-state index contributed by atoms with van der Waals surface area (Å²) in [5, 5.41) is 0. The SMILES string of the molecule is NCCc1ccc(S(=O)(=O)NCc2ccccc2Br)cc1. The summed E-state index contributed by atoms with van der Waals surface area (Å²) in [5.74, 6) is 0. The Labute approximate surface area is 133 Å². The van der Waals surface area contributed by atoms with Gasteiger partial charge in [0, 0.05) is 11.0 Å². The number of nitrogens with two attached hydrogens (primary N) is 1. The van der Waals surface area contributed by atoms with Gasteiger partial charge >= 0.3 is 0 Å². The van der Waals surface area contributed by atoms with Gasteiger partial charge in [0.25, 0.3) is 0 Å². The van der Waals surface area contributed by atoms with Crippen molar-refractivity contribution in [2.24, 2.45) is 5.73 Å². The molecule has 0 aromatic heterocycles. The zero-order chi connectivity index (χ0) is 15.3. The summed E-state index contributed by atoms with van der Waals surface area (Å²) in [7, 11) is -3.51. The predicted octanol–water partition coefficient (Wildman–Crippen LogP) is 2.43. The zero-order valence-electron chi connectivity index (χ0n) is 11.4. The molecule has 0 unspecified atom stereocenters. The summed E-state index contributed by atoms with van der Waals surface area (Å²) < 4.78 is 28.0. The van der Waals surface area contributed by atoms with E-state index in [9.17, 15) is 8.42 Å². The van der Waals surface area contributed by atoms with Crippen molar-refractivity contribution in [1.82, 2.24) is 4.72 Å². The molecular formula is C15H17BrN2O2S. The van der Waals surface area contributed by atoms with Gasteiger partial charge in [0.05, 0.1) is 4.90 Å². The number of halogens is 1. The van der Waals surface area contributed by atoms with Crippen molar-refractivity contribution < 1.29 is 8.42 Å². The number of sulfonamides is 1. The molecule has 0 saturated heterocycles. The Morgan fingerprint density at radius 2 is 1.71 bits per heavy atom. The van der Waals surface area contributed by atoms with Crippen LogP contribution in [0.25, 0.3) is 0 Å². The lowest BCUT2D eigenvalue weighted by molar-refractivity contribution is 0.581. The molecule has 112 valence electrons. The van der Waals surface area contributed by atoms with E-state index in [0.29, 0.717) is 6.54 Å². The molecule has 0 aliphatic rings. The molecule has 21 heavy (non-hydrogen) atoms. The first-order valence-corrected chi connectivity index (χ1v) is 8.82. The summed E-state index contributed by atoms with van der Waals surface area (Å²) >= 11 is 3.40. The zero-order valence-corrected chi connectivity index (χ0v) is 13.8. The Kier molecular flexibility index (Phi) is 5.52. The maximum absolute atomic E-state index is 12.2. The fourth-order valence-corrected chi connectivity index (χ4v) is 3.33. The lowest BCUT2D eigenvalue weighted by atomic mass is 10.2. The van der Waals surface area contributed by atoms with E-state index < -0.39 is 10.0 Å². The van der Waals surface area contributed by atoms with E-state index in [1.54, 1.807) is 24.3 Å². The fraction of sp³-hybridized carbons (Fsp3) is 0.200. The third kappa shape index (κ3) is 4.38. The van der Waals surface area contributed by atoms with Gasteiger partial charge in [-0.25, -0.2) is 13.1 Å². The van der Waals surface area contributed by atoms with E-state index in [0.717, 1.165) is 22.0 Å². The summed E-state index contributed by atoms with van der Waals surface area (Å²) in [6.07, 6.45) is 0.741. The Bertz CT molecular complexity index is 700. The molecule has 2 rings (SSSR count). The number of benzene rings is 2. The summed E-state index contributed by atoms with van der Waals surface area (Å²) in [6.45, 7) is 0.792. The van der Waals surface area contributed by atoms with Crippen LogP contribution in [0.3, 0.4) is 0 Å². The van der Waals surface area contributed by atoms with Crippen molar-refractivity contribution >= 4 is 26.0 Å². The van der Waals surface area contributed by atoms with Crippen LogP contribution in [0.5, 0.6) is 0 Å². The second-order valence-electron chi connectivity index (χ2n) is 4.60. The van der Waals surface area contributed by atoms with Crippen molar-refractivity contribution in [3.8, 4) is 0 Å². The van der Waals surface area contributed by atoms with Gasteiger partial charge < -0.3 is 5.73 Å². The summed E-state index contributed by atoms with van der Waals surface area (Å²) in [4.78, 5) is 0.260. The normalized spacial score (nSPS) is 11.5. The third-order valence-electron chi connectivity index (χ3n) is 3.08. The number of hydrogen-bond acceptors (Lipinski definition) is 3. The van der Waals surface area contributed by atoms with Gasteiger partial charge in [0.2, 0.25) is 10.0 Å². The number of nitrogens with one attached hydrogen (secondary N) is 1. The molecule has 0 radical (unpaired) electrons. The average Bonchev–Trinajstić information content (AvgIpc) is 2.47. The molecule has 0 heterocycles. The van der Waals surface area contributed by atoms with E-state index >= 15 is 0 Å². The molecule has 0 aliphatic carbocycles. The molecule has 0 amide bonds. The highest BCUT2D eigenvalue weighted by Gasteiger charge is 2.14. The molecule has 6 heteroatoms. The molecule has 0 saturated carbocycles.